The van der Waals surface area contributed by atoms with Gasteiger partial charge >= 0.3 is 0 Å². The first-order valence-electron chi connectivity index (χ1n) is 6.95. The third kappa shape index (κ3) is 2.78. The number of amidine groups is 1. The third-order valence-electron chi connectivity index (χ3n) is 3.39. The molecule has 6 nitrogen and oxygen atoms in total. The van der Waals surface area contributed by atoms with Gasteiger partial charge in [-0.15, -0.1) is 11.3 Å². The highest BCUT2D eigenvalue weighted by molar-refractivity contribution is 7.21. The number of carbonyl (C=O) groups excluding carboxylic acids is 1. The minimum absolute atomic E-state index is 0.0617. The first kappa shape index (κ1) is 15.1. The molecule has 116 valence electrons. The van der Waals surface area contributed by atoms with Crippen molar-refractivity contribution in [3.8, 4) is 0 Å². The molecule has 1 amide bonds. The number of nitrogen functional groups attached to an aromatic ring is 1. The minimum atomic E-state index is -0.418. The lowest BCUT2D eigenvalue weighted by atomic mass is 10.1. The number of rotatable bonds is 2. The molecule has 0 aliphatic rings. The van der Waals surface area contributed by atoms with Crippen molar-refractivity contribution in [1.29, 1.82) is 5.41 Å². The van der Waals surface area contributed by atoms with E-state index in [0.29, 0.717) is 16.3 Å². The molecule has 0 aromatic carbocycles. The number of nitrogens with one attached hydrogen (secondary N) is 2. The Kier molecular flexibility index (Phi) is 3.79. The maximum atomic E-state index is 12.4. The van der Waals surface area contributed by atoms with E-state index in [2.05, 4.69) is 15.3 Å². The van der Waals surface area contributed by atoms with Crippen molar-refractivity contribution in [2.45, 2.75) is 13.8 Å². The molecule has 0 fully saturated rings. The number of fused-ring (bicyclic) bond motifs is 1. The van der Waals surface area contributed by atoms with Crippen LogP contribution in [0.3, 0.4) is 0 Å². The van der Waals surface area contributed by atoms with Gasteiger partial charge in [-0.3, -0.25) is 15.2 Å². The molecule has 7 heteroatoms. The molecule has 0 atom stereocenters. The van der Waals surface area contributed by atoms with Gasteiger partial charge in [0.1, 0.15) is 15.4 Å². The summed E-state index contributed by atoms with van der Waals surface area (Å²) < 4.78 is 0. The van der Waals surface area contributed by atoms with E-state index in [1.807, 2.05) is 19.9 Å². The van der Waals surface area contributed by atoms with Crippen LogP contribution < -0.4 is 11.1 Å². The van der Waals surface area contributed by atoms with E-state index >= 15 is 0 Å². The van der Waals surface area contributed by atoms with Crippen LogP contribution in [0, 0.1) is 19.3 Å². The van der Waals surface area contributed by atoms with Gasteiger partial charge in [-0.05, 0) is 37.6 Å². The number of nitrogens with two attached hydrogens (primary N) is 1. The molecule has 3 aromatic rings. The van der Waals surface area contributed by atoms with Crippen molar-refractivity contribution >= 4 is 39.0 Å². The van der Waals surface area contributed by atoms with E-state index < -0.39 is 5.91 Å². The zero-order valence-corrected chi connectivity index (χ0v) is 13.5. The summed E-state index contributed by atoms with van der Waals surface area (Å²) >= 11 is 1.23. The monoisotopic (exact) mass is 325 g/mol. The van der Waals surface area contributed by atoms with E-state index in [4.69, 9.17) is 11.1 Å². The number of pyridine rings is 2. The van der Waals surface area contributed by atoms with Gasteiger partial charge in [-0.1, -0.05) is 6.07 Å². The molecular weight excluding hydrogens is 310 g/mol. The number of carbonyl (C=O) groups is 1. The normalized spacial score (nSPS) is 10.7. The molecule has 0 radical (unpaired) electrons. The largest absolute Gasteiger partial charge is 0.397 e. The summed E-state index contributed by atoms with van der Waals surface area (Å²) in [6.07, 6.45) is 1.57. The zero-order chi connectivity index (χ0) is 16.6. The van der Waals surface area contributed by atoms with E-state index in [-0.39, 0.29) is 5.84 Å². The number of nitrogens with zero attached hydrogens (tertiary/aromatic N) is 2. The van der Waals surface area contributed by atoms with E-state index in [0.717, 1.165) is 21.5 Å². The number of anilines is 1. The number of thiophene rings is 1. The lowest BCUT2D eigenvalue weighted by Gasteiger charge is -2.05. The Hall–Kier alpha value is -2.80. The van der Waals surface area contributed by atoms with E-state index in [1.54, 1.807) is 24.4 Å². The summed E-state index contributed by atoms with van der Waals surface area (Å²) in [5.74, 6) is -0.480. The predicted molar refractivity (Wildman–Crippen MR) is 92.0 cm³/mol. The second kappa shape index (κ2) is 5.77. The molecule has 0 saturated carbocycles. The maximum absolute atomic E-state index is 12.4. The fourth-order valence-electron chi connectivity index (χ4n) is 2.38. The molecule has 3 heterocycles. The van der Waals surface area contributed by atoms with Gasteiger partial charge in [0.25, 0.3) is 5.91 Å². The van der Waals surface area contributed by atoms with Crippen LogP contribution in [0.4, 0.5) is 5.69 Å². The smallest absolute Gasteiger partial charge is 0.269 e. The van der Waals surface area contributed by atoms with Crippen molar-refractivity contribution in [3.63, 3.8) is 0 Å². The Morgan fingerprint density at radius 1 is 1.35 bits per heavy atom. The van der Waals surface area contributed by atoms with Crippen molar-refractivity contribution in [3.05, 3.63) is 52.3 Å². The molecule has 0 bridgehead atoms. The summed E-state index contributed by atoms with van der Waals surface area (Å²) in [5, 5.41) is 11.3. The van der Waals surface area contributed by atoms with Crippen molar-refractivity contribution in [2.24, 2.45) is 0 Å². The Balaban J connectivity index is 1.94. The average Bonchev–Trinajstić information content (AvgIpc) is 2.85. The van der Waals surface area contributed by atoms with Crippen molar-refractivity contribution in [2.75, 3.05) is 5.73 Å². The number of amides is 1. The molecule has 0 aliphatic carbocycles. The molecule has 0 spiro atoms. The van der Waals surface area contributed by atoms with Gasteiger partial charge in [0.15, 0.2) is 5.84 Å². The van der Waals surface area contributed by atoms with Crippen LogP contribution in [-0.2, 0) is 0 Å². The minimum Gasteiger partial charge on any atom is -0.397 e. The number of hydrogen-bond acceptors (Lipinski definition) is 6. The Morgan fingerprint density at radius 3 is 2.83 bits per heavy atom. The fourth-order valence-corrected chi connectivity index (χ4v) is 3.49. The van der Waals surface area contributed by atoms with Gasteiger partial charge in [-0.25, -0.2) is 4.98 Å². The van der Waals surface area contributed by atoms with Gasteiger partial charge in [0.05, 0.1) is 5.69 Å². The standard InChI is InChI=1S/C16H15N5OS/c1-8-7-9(2)20-16-11(8)12(17)13(23-16)15(22)21-14(18)10-5-3-4-6-19-10/h3-7H,17H2,1-2H3,(H2,18,21,22). The van der Waals surface area contributed by atoms with Crippen molar-refractivity contribution < 1.29 is 4.79 Å². The first-order chi connectivity index (χ1) is 11.0. The zero-order valence-electron chi connectivity index (χ0n) is 12.7. The number of hydrogen-bond donors (Lipinski definition) is 3. The van der Waals surface area contributed by atoms with Gasteiger partial charge in [0.2, 0.25) is 0 Å². The second-order valence-electron chi connectivity index (χ2n) is 5.15. The molecule has 23 heavy (non-hydrogen) atoms. The topological polar surface area (TPSA) is 105 Å². The predicted octanol–water partition coefficient (Wildman–Crippen LogP) is 2.65. The average molecular weight is 325 g/mol. The van der Waals surface area contributed by atoms with E-state index in [9.17, 15) is 4.79 Å². The highest BCUT2D eigenvalue weighted by Crippen LogP contribution is 2.34. The maximum Gasteiger partial charge on any atom is 0.269 e. The quantitative estimate of drug-likeness (QED) is 0.497. The highest BCUT2D eigenvalue weighted by atomic mass is 32.1. The fraction of sp³-hybridized carbons (Fsp3) is 0.125. The second-order valence-corrected chi connectivity index (χ2v) is 6.15. The van der Waals surface area contributed by atoms with Crippen LogP contribution >= 0.6 is 11.3 Å². The Labute approximate surface area is 136 Å². The molecule has 3 rings (SSSR count). The molecular formula is C16H15N5OS. The van der Waals surface area contributed by atoms with Crippen LogP contribution in [0.15, 0.2) is 30.5 Å². The van der Waals surface area contributed by atoms with Crippen LogP contribution in [0.25, 0.3) is 10.2 Å². The molecule has 3 aromatic heterocycles. The summed E-state index contributed by atoms with van der Waals surface area (Å²) in [4.78, 5) is 22.0. The van der Waals surface area contributed by atoms with Crippen molar-refractivity contribution in [1.82, 2.24) is 15.3 Å². The Morgan fingerprint density at radius 2 is 2.13 bits per heavy atom. The summed E-state index contributed by atoms with van der Waals surface area (Å²) in [5.41, 5.74) is 8.79. The SMILES string of the molecule is Cc1cc(C)c2c(N)c(C(=O)NC(=N)c3ccccn3)sc2n1. The van der Waals surface area contributed by atoms with Gasteiger partial charge < -0.3 is 11.1 Å². The van der Waals surface area contributed by atoms with Crippen LogP contribution in [0.1, 0.15) is 26.6 Å². The highest BCUT2D eigenvalue weighted by Gasteiger charge is 2.20. The third-order valence-corrected chi connectivity index (χ3v) is 4.49. The number of aromatic nitrogens is 2. The first-order valence-corrected chi connectivity index (χ1v) is 7.76. The number of aryl methyl sites for hydroxylation is 2. The molecule has 4 N–H and O–H groups in total. The lowest BCUT2D eigenvalue weighted by molar-refractivity contribution is 0.0981. The summed E-state index contributed by atoms with van der Waals surface area (Å²) in [6, 6.07) is 7.10. The molecule has 0 unspecified atom stereocenters. The molecule has 0 aliphatic heterocycles. The van der Waals surface area contributed by atoms with Crippen LogP contribution in [-0.4, -0.2) is 21.7 Å². The van der Waals surface area contributed by atoms with E-state index in [1.165, 1.54) is 11.3 Å². The Bertz CT molecular complexity index is 917. The summed E-state index contributed by atoms with van der Waals surface area (Å²) in [7, 11) is 0. The van der Waals surface area contributed by atoms with Crippen LogP contribution in [0.5, 0.6) is 0 Å². The lowest BCUT2D eigenvalue weighted by Crippen LogP contribution is -2.30. The van der Waals surface area contributed by atoms with Crippen LogP contribution in [0.2, 0.25) is 0 Å². The summed E-state index contributed by atoms with van der Waals surface area (Å²) in [6.45, 7) is 3.84. The molecule has 0 saturated heterocycles. The van der Waals surface area contributed by atoms with Gasteiger partial charge in [-0.2, -0.15) is 0 Å². The van der Waals surface area contributed by atoms with Gasteiger partial charge in [0, 0.05) is 17.3 Å².